The first-order valence-corrected chi connectivity index (χ1v) is 8.57. The van der Waals surface area contributed by atoms with Crippen molar-refractivity contribution < 1.29 is 14.0 Å². The molecule has 1 saturated carbocycles. The number of likely N-dealkylation sites (tertiary alicyclic amines) is 1. The van der Waals surface area contributed by atoms with Gasteiger partial charge in [-0.1, -0.05) is 12.8 Å². The molecule has 4 rings (SSSR count). The van der Waals surface area contributed by atoms with Crippen molar-refractivity contribution in [1.82, 2.24) is 9.88 Å². The number of nitrogens with one attached hydrogen (secondary N) is 1. The summed E-state index contributed by atoms with van der Waals surface area (Å²) in [5.74, 6) is 0.350. The summed E-state index contributed by atoms with van der Waals surface area (Å²) in [5, 5.41) is 2.92. The van der Waals surface area contributed by atoms with Crippen LogP contribution in [0.4, 0.5) is 5.69 Å². The molecule has 126 valence electrons. The van der Waals surface area contributed by atoms with E-state index >= 15 is 0 Å². The van der Waals surface area contributed by atoms with E-state index in [1.807, 2.05) is 4.90 Å². The maximum atomic E-state index is 12.5. The van der Waals surface area contributed by atoms with Crippen molar-refractivity contribution in [2.45, 2.75) is 45.1 Å². The Hall–Kier alpha value is -2.37. The summed E-state index contributed by atoms with van der Waals surface area (Å²) < 4.78 is 5.44. The van der Waals surface area contributed by atoms with E-state index in [4.69, 9.17) is 4.42 Å². The van der Waals surface area contributed by atoms with Gasteiger partial charge in [0, 0.05) is 31.6 Å². The Morgan fingerprint density at radius 1 is 1.33 bits per heavy atom. The quantitative estimate of drug-likeness (QED) is 0.940. The highest BCUT2D eigenvalue weighted by atomic mass is 16.3. The van der Waals surface area contributed by atoms with Crippen molar-refractivity contribution in [3.05, 3.63) is 24.1 Å². The highest BCUT2D eigenvalue weighted by Crippen LogP contribution is 2.30. The van der Waals surface area contributed by atoms with Crippen LogP contribution in [-0.2, 0) is 9.59 Å². The molecule has 6 heteroatoms. The smallest absolute Gasteiger partial charge is 0.229 e. The minimum atomic E-state index is -0.271. The molecule has 24 heavy (non-hydrogen) atoms. The Kier molecular flexibility index (Phi) is 3.75. The summed E-state index contributed by atoms with van der Waals surface area (Å²) in [6.45, 7) is 2.33. The van der Waals surface area contributed by atoms with Crippen LogP contribution < -0.4 is 5.32 Å². The zero-order valence-electron chi connectivity index (χ0n) is 13.7. The largest absolute Gasteiger partial charge is 0.441 e. The summed E-state index contributed by atoms with van der Waals surface area (Å²) in [6, 6.07) is 5.74. The predicted octanol–water partition coefficient (Wildman–Crippen LogP) is 2.87. The van der Waals surface area contributed by atoms with Gasteiger partial charge in [-0.25, -0.2) is 4.98 Å². The van der Waals surface area contributed by atoms with Crippen molar-refractivity contribution >= 4 is 28.6 Å². The molecule has 2 heterocycles. The normalized spacial score (nSPS) is 21.8. The summed E-state index contributed by atoms with van der Waals surface area (Å²) in [4.78, 5) is 31.0. The van der Waals surface area contributed by atoms with Gasteiger partial charge in [0.05, 0.1) is 5.92 Å². The lowest BCUT2D eigenvalue weighted by Gasteiger charge is -2.23. The second kappa shape index (κ2) is 5.92. The molecule has 2 amide bonds. The monoisotopic (exact) mass is 327 g/mol. The number of fused-ring (bicyclic) bond motifs is 1. The van der Waals surface area contributed by atoms with E-state index in [1.165, 1.54) is 12.8 Å². The van der Waals surface area contributed by atoms with Crippen LogP contribution in [0.1, 0.15) is 38.0 Å². The molecule has 0 radical (unpaired) electrons. The third kappa shape index (κ3) is 2.77. The number of benzene rings is 1. The van der Waals surface area contributed by atoms with Crippen molar-refractivity contribution in [3.63, 3.8) is 0 Å². The van der Waals surface area contributed by atoms with Gasteiger partial charge >= 0.3 is 0 Å². The van der Waals surface area contributed by atoms with Gasteiger partial charge in [-0.15, -0.1) is 0 Å². The highest BCUT2D eigenvalue weighted by molar-refractivity contribution is 5.98. The van der Waals surface area contributed by atoms with E-state index in [0.29, 0.717) is 36.2 Å². The minimum Gasteiger partial charge on any atom is -0.441 e. The van der Waals surface area contributed by atoms with Gasteiger partial charge in [0.1, 0.15) is 5.52 Å². The maximum absolute atomic E-state index is 12.5. The number of nitrogens with zero attached hydrogens (tertiary/aromatic N) is 2. The first-order valence-electron chi connectivity index (χ1n) is 8.57. The SMILES string of the molecule is Cc1nc2cc(NC(=O)[C@H]3CC(=O)N(C4CCCC4)C3)ccc2o1. The standard InChI is InChI=1S/C18H21N3O3/c1-11-19-15-9-13(6-7-16(15)24-11)20-18(23)12-8-17(22)21(10-12)14-4-2-3-5-14/h6-7,9,12,14H,2-5,8,10H2,1H3,(H,20,23)/t12-/m0/s1. The zero-order chi connectivity index (χ0) is 16.7. The molecule has 1 aromatic heterocycles. The van der Waals surface area contributed by atoms with Gasteiger partial charge in [-0.3, -0.25) is 9.59 Å². The van der Waals surface area contributed by atoms with E-state index in [1.54, 1.807) is 25.1 Å². The van der Waals surface area contributed by atoms with Crippen LogP contribution in [0.3, 0.4) is 0 Å². The molecule has 1 saturated heterocycles. The van der Waals surface area contributed by atoms with Crippen LogP contribution in [0.15, 0.2) is 22.6 Å². The highest BCUT2D eigenvalue weighted by Gasteiger charge is 2.38. The lowest BCUT2D eigenvalue weighted by molar-refractivity contribution is -0.129. The summed E-state index contributed by atoms with van der Waals surface area (Å²) >= 11 is 0. The molecule has 1 aliphatic carbocycles. The predicted molar refractivity (Wildman–Crippen MR) is 89.5 cm³/mol. The molecular weight excluding hydrogens is 306 g/mol. The molecule has 1 aromatic carbocycles. The van der Waals surface area contributed by atoms with E-state index in [2.05, 4.69) is 10.3 Å². The van der Waals surface area contributed by atoms with Crippen LogP contribution in [0.5, 0.6) is 0 Å². The van der Waals surface area contributed by atoms with E-state index in [9.17, 15) is 9.59 Å². The molecule has 2 aliphatic rings. The average molecular weight is 327 g/mol. The van der Waals surface area contributed by atoms with E-state index < -0.39 is 0 Å². The number of oxazole rings is 1. The average Bonchev–Trinajstić information content (AvgIpc) is 3.25. The second-order valence-electron chi connectivity index (χ2n) is 6.79. The van der Waals surface area contributed by atoms with Gasteiger partial charge in [-0.2, -0.15) is 0 Å². The summed E-state index contributed by atoms with van der Waals surface area (Å²) in [6.07, 6.45) is 4.82. The fourth-order valence-corrected chi connectivity index (χ4v) is 3.84. The fourth-order valence-electron chi connectivity index (χ4n) is 3.84. The number of carbonyl (C=O) groups excluding carboxylic acids is 2. The number of hydrogen-bond donors (Lipinski definition) is 1. The van der Waals surface area contributed by atoms with E-state index in [-0.39, 0.29) is 17.7 Å². The second-order valence-corrected chi connectivity index (χ2v) is 6.79. The Bertz CT molecular complexity index is 792. The van der Waals surface area contributed by atoms with Gasteiger partial charge in [-0.05, 0) is 31.0 Å². The molecule has 0 unspecified atom stereocenters. The molecule has 0 spiro atoms. The molecule has 2 fully saturated rings. The minimum absolute atomic E-state index is 0.0941. The Labute approximate surface area is 140 Å². The van der Waals surface area contributed by atoms with Crippen molar-refractivity contribution in [3.8, 4) is 0 Å². The molecule has 1 N–H and O–H groups in total. The number of aryl methyl sites for hydroxylation is 1. The number of aromatic nitrogens is 1. The summed E-state index contributed by atoms with van der Waals surface area (Å²) in [7, 11) is 0. The van der Waals surface area contributed by atoms with Crippen molar-refractivity contribution in [2.75, 3.05) is 11.9 Å². The van der Waals surface area contributed by atoms with Crippen LogP contribution >= 0.6 is 0 Å². The molecule has 6 nitrogen and oxygen atoms in total. The fraction of sp³-hybridized carbons (Fsp3) is 0.500. The lowest BCUT2D eigenvalue weighted by atomic mass is 10.1. The van der Waals surface area contributed by atoms with Gasteiger partial charge in [0.15, 0.2) is 11.5 Å². The Morgan fingerprint density at radius 3 is 2.92 bits per heavy atom. The lowest BCUT2D eigenvalue weighted by Crippen LogP contribution is -2.35. The Balaban J connectivity index is 1.44. The van der Waals surface area contributed by atoms with Crippen LogP contribution in [0.2, 0.25) is 0 Å². The van der Waals surface area contributed by atoms with Gasteiger partial charge < -0.3 is 14.6 Å². The molecule has 1 atom stereocenters. The summed E-state index contributed by atoms with van der Waals surface area (Å²) in [5.41, 5.74) is 2.11. The molecule has 2 aromatic rings. The molecule has 1 aliphatic heterocycles. The maximum Gasteiger partial charge on any atom is 0.229 e. The number of rotatable bonds is 3. The number of hydrogen-bond acceptors (Lipinski definition) is 4. The van der Waals surface area contributed by atoms with Crippen molar-refractivity contribution in [2.24, 2.45) is 5.92 Å². The van der Waals surface area contributed by atoms with Crippen LogP contribution in [-0.4, -0.2) is 34.3 Å². The third-order valence-corrected chi connectivity index (χ3v) is 5.06. The molecule has 0 bridgehead atoms. The number of amides is 2. The molecular formula is C18H21N3O3. The van der Waals surface area contributed by atoms with Gasteiger partial charge in [0.2, 0.25) is 11.8 Å². The van der Waals surface area contributed by atoms with E-state index in [0.717, 1.165) is 18.4 Å². The first-order chi connectivity index (χ1) is 11.6. The number of carbonyl (C=O) groups is 2. The topological polar surface area (TPSA) is 75.4 Å². The Morgan fingerprint density at radius 2 is 2.12 bits per heavy atom. The first kappa shape index (κ1) is 15.2. The third-order valence-electron chi connectivity index (χ3n) is 5.06. The van der Waals surface area contributed by atoms with Gasteiger partial charge in [0.25, 0.3) is 0 Å². The van der Waals surface area contributed by atoms with Crippen LogP contribution in [0, 0.1) is 12.8 Å². The van der Waals surface area contributed by atoms with Crippen LogP contribution in [0.25, 0.3) is 11.1 Å². The van der Waals surface area contributed by atoms with Crippen molar-refractivity contribution in [1.29, 1.82) is 0 Å². The zero-order valence-corrected chi connectivity index (χ0v) is 13.7. The number of anilines is 1.